The van der Waals surface area contributed by atoms with E-state index < -0.39 is 8.32 Å². The monoisotopic (exact) mass is 254 g/mol. The van der Waals surface area contributed by atoms with Crippen LogP contribution in [0.3, 0.4) is 0 Å². The molecule has 0 aliphatic carbocycles. The molecule has 4 heteroatoms. The third kappa shape index (κ3) is 48.1. The van der Waals surface area contributed by atoms with Crippen molar-refractivity contribution in [3.63, 3.8) is 0 Å². The Balaban J connectivity index is -0.0000000844. The molecule has 0 radical (unpaired) electrons. The van der Waals surface area contributed by atoms with E-state index in [9.17, 15) is 0 Å². The minimum atomic E-state index is -1.22. The number of aliphatic hydroxyl groups is 1. The Labute approximate surface area is 122 Å². The zero-order chi connectivity index (χ0) is 13.4. The molecular weight excluding hydrogens is 223 g/mol. The smallest absolute Gasteiger partial charge is 0.420 e. The fourth-order valence-electron chi connectivity index (χ4n) is 0.740. The van der Waals surface area contributed by atoms with Crippen LogP contribution >= 0.6 is 0 Å². The van der Waals surface area contributed by atoms with Crippen LogP contribution in [0.15, 0.2) is 13.2 Å². The topological polar surface area (TPSA) is 29.5 Å². The van der Waals surface area contributed by atoms with Crippen molar-refractivity contribution in [2.45, 2.75) is 52.2 Å². The van der Waals surface area contributed by atoms with Gasteiger partial charge >= 0.3 is 18.9 Å². The molecule has 17 heavy (non-hydrogen) atoms. The predicted octanol–water partition coefficient (Wildman–Crippen LogP) is 1.04. The number of hydrogen-bond donors (Lipinski definition) is 1. The van der Waals surface area contributed by atoms with E-state index in [1.807, 2.05) is 0 Å². The summed E-state index contributed by atoms with van der Waals surface area (Å²) in [6.07, 6.45) is 4.22. The Morgan fingerprint density at radius 3 is 1.76 bits per heavy atom. The van der Waals surface area contributed by atoms with Crippen LogP contribution in [0.25, 0.3) is 0 Å². The molecule has 0 heterocycles. The Morgan fingerprint density at radius 2 is 1.65 bits per heavy atom. The van der Waals surface area contributed by atoms with Gasteiger partial charge in [0.15, 0.2) is 8.32 Å². The van der Waals surface area contributed by atoms with E-state index in [1.54, 1.807) is 0 Å². The molecule has 0 aliphatic heterocycles. The minimum absolute atomic E-state index is 0. The van der Waals surface area contributed by atoms with Gasteiger partial charge in [0.05, 0.1) is 0 Å². The summed E-state index contributed by atoms with van der Waals surface area (Å²) in [4.78, 5) is 0. The van der Waals surface area contributed by atoms with Crippen LogP contribution in [-0.4, -0.2) is 26.6 Å². The van der Waals surface area contributed by atoms with Gasteiger partial charge < -0.3 is 16.5 Å². The van der Waals surface area contributed by atoms with Crippen molar-refractivity contribution >= 4 is 8.32 Å². The van der Waals surface area contributed by atoms with Gasteiger partial charge in [0.1, 0.15) is 0 Å². The number of hydrogen-bond acceptors (Lipinski definition) is 2. The molecule has 2 nitrogen and oxygen atoms in total. The normalized spacial score (nSPS) is 9.06. The first-order valence-corrected chi connectivity index (χ1v) is 9.42. The van der Waals surface area contributed by atoms with Gasteiger partial charge in [-0.3, -0.25) is 0 Å². The van der Waals surface area contributed by atoms with Crippen LogP contribution < -0.4 is 18.9 Å². The van der Waals surface area contributed by atoms with E-state index >= 15 is 0 Å². The van der Waals surface area contributed by atoms with Crippen LogP contribution in [0, 0.1) is 6.92 Å². The summed E-state index contributed by atoms with van der Waals surface area (Å²) in [5.41, 5.74) is 0. The molecule has 0 amide bonds. The van der Waals surface area contributed by atoms with Crippen LogP contribution in [0.2, 0.25) is 19.6 Å². The van der Waals surface area contributed by atoms with Crippen molar-refractivity contribution in [2.75, 3.05) is 13.2 Å². The Hall–Kier alpha value is 0.474. The van der Waals surface area contributed by atoms with Crippen molar-refractivity contribution in [1.82, 2.24) is 0 Å². The molecule has 0 aromatic rings. The third-order valence-corrected chi connectivity index (χ3v) is 2.51. The maximum atomic E-state index is 8.20. The molecule has 0 aliphatic rings. The molecule has 1 N–H and O–H groups in total. The summed E-state index contributed by atoms with van der Waals surface area (Å²) in [5.74, 6) is 0. The van der Waals surface area contributed by atoms with E-state index in [4.69, 9.17) is 9.53 Å². The maximum absolute atomic E-state index is 8.20. The van der Waals surface area contributed by atoms with Gasteiger partial charge in [0.2, 0.25) is 0 Å². The van der Waals surface area contributed by atoms with Crippen LogP contribution in [0.4, 0.5) is 0 Å². The summed E-state index contributed by atoms with van der Waals surface area (Å²) in [6, 6.07) is 0. The fraction of sp³-hybridized carbons (Fsp3) is 0.769. The van der Waals surface area contributed by atoms with Gasteiger partial charge in [0.25, 0.3) is 0 Å². The molecular formula is C13H31LiO2Si. The van der Waals surface area contributed by atoms with Gasteiger partial charge in [-0.1, -0.05) is 19.8 Å². The fourth-order valence-corrected chi connectivity index (χ4v) is 1.50. The summed E-state index contributed by atoms with van der Waals surface area (Å²) in [6.45, 7) is 19.5. The molecule has 0 atom stereocenters. The van der Waals surface area contributed by atoms with E-state index in [2.05, 4.69) is 46.6 Å². The van der Waals surface area contributed by atoms with Gasteiger partial charge in [-0.05, 0) is 26.1 Å². The number of unbranched alkanes of at least 4 members (excludes halogenated alkanes) is 2. The summed E-state index contributed by atoms with van der Waals surface area (Å²) in [7, 11) is -1.22. The summed E-state index contributed by atoms with van der Waals surface area (Å²) >= 11 is 0. The first-order chi connectivity index (χ1) is 7.47. The molecule has 100 valence electrons. The molecule has 0 fully saturated rings. The molecule has 0 spiro atoms. The second-order valence-corrected chi connectivity index (χ2v) is 8.76. The van der Waals surface area contributed by atoms with E-state index in [1.165, 1.54) is 6.42 Å². The van der Waals surface area contributed by atoms with Crippen LogP contribution in [0.1, 0.15) is 32.6 Å². The molecule has 0 unspecified atom stereocenters. The minimum Gasteiger partial charge on any atom is -0.420 e. The number of aliphatic hydroxyl groups excluding tert-OH is 1. The molecule has 0 aromatic heterocycles. The first-order valence-electron chi connectivity index (χ1n) is 6.02. The van der Waals surface area contributed by atoms with Crippen molar-refractivity contribution in [1.29, 1.82) is 0 Å². The van der Waals surface area contributed by atoms with E-state index in [-0.39, 0.29) is 18.9 Å². The average molecular weight is 254 g/mol. The first kappa shape index (κ1) is 26.1. The standard InChI is InChI=1S/C6H15OSi.C5H12O.C2H4.Li/c1-5-6-7-8(2,3)4;1-2-3-4-5-6;1-2;/h1,5-6H2,2-4H3;6H,2-5H2,1H3;1-2H2;/q-1;;;+1. The van der Waals surface area contributed by atoms with Gasteiger partial charge in [0, 0.05) is 13.2 Å². The molecule has 0 bridgehead atoms. The van der Waals surface area contributed by atoms with Crippen molar-refractivity contribution in [3.8, 4) is 0 Å². The quantitative estimate of drug-likeness (QED) is 0.332. The van der Waals surface area contributed by atoms with E-state index in [0.717, 1.165) is 25.9 Å². The van der Waals surface area contributed by atoms with Crippen LogP contribution in [0.5, 0.6) is 0 Å². The second-order valence-electron chi connectivity index (χ2n) is 4.25. The van der Waals surface area contributed by atoms with Gasteiger partial charge in [-0.15, -0.1) is 13.2 Å². The largest absolute Gasteiger partial charge is 1.00 e. The maximum Gasteiger partial charge on any atom is 1.00 e. The summed E-state index contributed by atoms with van der Waals surface area (Å²) < 4.78 is 5.45. The Bertz CT molecular complexity index is 112. The molecule has 0 aromatic carbocycles. The second kappa shape index (κ2) is 21.7. The van der Waals surface area contributed by atoms with Crippen LogP contribution in [-0.2, 0) is 4.43 Å². The Kier molecular flexibility index (Phi) is 33.4. The summed E-state index contributed by atoms with van der Waals surface area (Å²) in [5, 5.41) is 8.20. The van der Waals surface area contributed by atoms with Crippen molar-refractivity contribution in [3.05, 3.63) is 20.1 Å². The average Bonchev–Trinajstić information content (AvgIpc) is 2.26. The predicted molar refractivity (Wildman–Crippen MR) is 77.1 cm³/mol. The van der Waals surface area contributed by atoms with Gasteiger partial charge in [-0.2, -0.15) is 6.42 Å². The SMILES string of the molecule is C=C.CCCCCO.[CH2-]CCO[Si](C)(C)C.[Li+]. The third-order valence-electron chi connectivity index (χ3n) is 1.44. The van der Waals surface area contributed by atoms with Crippen molar-refractivity contribution in [2.24, 2.45) is 0 Å². The molecule has 0 saturated heterocycles. The molecule has 0 rings (SSSR count). The zero-order valence-electron chi connectivity index (χ0n) is 12.7. The zero-order valence-corrected chi connectivity index (χ0v) is 13.7. The number of rotatable bonds is 6. The van der Waals surface area contributed by atoms with Crippen molar-refractivity contribution < 1.29 is 28.4 Å². The van der Waals surface area contributed by atoms with E-state index in [0.29, 0.717) is 6.61 Å². The molecule has 0 saturated carbocycles. The van der Waals surface area contributed by atoms with Gasteiger partial charge in [-0.25, -0.2) is 0 Å². The Morgan fingerprint density at radius 1 is 1.18 bits per heavy atom.